The third-order valence-corrected chi connectivity index (χ3v) is 2.20. The molecule has 0 atom stereocenters. The Kier molecular flexibility index (Phi) is 4.69. The van der Waals surface area contributed by atoms with Gasteiger partial charge in [-0.3, -0.25) is 4.98 Å². The van der Waals surface area contributed by atoms with E-state index in [0.29, 0.717) is 18.2 Å². The van der Waals surface area contributed by atoms with E-state index in [4.69, 9.17) is 10.5 Å². The Balaban J connectivity index is 2.71. The van der Waals surface area contributed by atoms with Crippen LogP contribution in [0.3, 0.4) is 0 Å². The maximum atomic E-state index is 5.56. The fourth-order valence-electron chi connectivity index (χ4n) is 1.48. The van der Waals surface area contributed by atoms with Gasteiger partial charge in [0.25, 0.3) is 0 Å². The molecule has 1 aromatic heterocycles. The predicted octanol–water partition coefficient (Wildman–Crippen LogP) is 1.80. The van der Waals surface area contributed by atoms with Crippen molar-refractivity contribution >= 4 is 5.82 Å². The molecule has 1 heterocycles. The van der Waals surface area contributed by atoms with Crippen LogP contribution in [0.5, 0.6) is 5.88 Å². The van der Waals surface area contributed by atoms with Crippen LogP contribution in [-0.4, -0.2) is 28.2 Å². The van der Waals surface area contributed by atoms with Crippen molar-refractivity contribution in [3.05, 3.63) is 12.4 Å². The second-order valence-electron chi connectivity index (χ2n) is 4.96. The van der Waals surface area contributed by atoms with E-state index in [1.165, 1.54) is 0 Å². The highest BCUT2D eigenvalue weighted by molar-refractivity contribution is 5.36. The van der Waals surface area contributed by atoms with Crippen molar-refractivity contribution in [3.8, 4) is 5.88 Å². The average molecular weight is 238 g/mol. The number of nitrogens with zero attached hydrogens (tertiary/aromatic N) is 2. The SMILES string of the molecule is CC(C)Oc1cncc(NC(C)(C)CCN)n1. The Morgan fingerprint density at radius 3 is 2.71 bits per heavy atom. The van der Waals surface area contributed by atoms with Crippen LogP contribution in [-0.2, 0) is 0 Å². The number of rotatable bonds is 6. The zero-order chi connectivity index (χ0) is 12.9. The molecular weight excluding hydrogens is 216 g/mol. The maximum absolute atomic E-state index is 5.56. The minimum Gasteiger partial charge on any atom is -0.474 e. The lowest BCUT2D eigenvalue weighted by Gasteiger charge is -2.26. The van der Waals surface area contributed by atoms with E-state index in [0.717, 1.165) is 6.42 Å². The number of anilines is 1. The monoisotopic (exact) mass is 238 g/mol. The first-order valence-electron chi connectivity index (χ1n) is 5.90. The van der Waals surface area contributed by atoms with Gasteiger partial charge in [0.1, 0.15) is 5.82 Å². The van der Waals surface area contributed by atoms with Gasteiger partial charge in [-0.15, -0.1) is 0 Å². The van der Waals surface area contributed by atoms with E-state index < -0.39 is 0 Å². The first-order chi connectivity index (χ1) is 7.93. The summed E-state index contributed by atoms with van der Waals surface area (Å²) in [7, 11) is 0. The molecule has 0 saturated heterocycles. The molecule has 0 unspecified atom stereocenters. The molecule has 0 aromatic carbocycles. The van der Waals surface area contributed by atoms with Gasteiger partial charge in [-0.05, 0) is 40.7 Å². The van der Waals surface area contributed by atoms with Crippen LogP contribution in [0.2, 0.25) is 0 Å². The van der Waals surface area contributed by atoms with Gasteiger partial charge in [0.2, 0.25) is 5.88 Å². The highest BCUT2D eigenvalue weighted by atomic mass is 16.5. The van der Waals surface area contributed by atoms with Crippen LogP contribution in [0, 0.1) is 0 Å². The fraction of sp³-hybridized carbons (Fsp3) is 0.667. The highest BCUT2D eigenvalue weighted by Crippen LogP contribution is 2.17. The van der Waals surface area contributed by atoms with E-state index in [1.54, 1.807) is 12.4 Å². The van der Waals surface area contributed by atoms with Gasteiger partial charge >= 0.3 is 0 Å². The number of hydrogen-bond donors (Lipinski definition) is 2. The molecule has 0 radical (unpaired) electrons. The van der Waals surface area contributed by atoms with Crippen molar-refractivity contribution in [2.75, 3.05) is 11.9 Å². The third kappa shape index (κ3) is 4.99. The largest absolute Gasteiger partial charge is 0.474 e. The predicted molar refractivity (Wildman–Crippen MR) is 69.2 cm³/mol. The fourth-order valence-corrected chi connectivity index (χ4v) is 1.48. The van der Waals surface area contributed by atoms with E-state index >= 15 is 0 Å². The Hall–Kier alpha value is -1.36. The van der Waals surface area contributed by atoms with Gasteiger partial charge in [0.05, 0.1) is 18.5 Å². The molecule has 0 aliphatic carbocycles. The summed E-state index contributed by atoms with van der Waals surface area (Å²) < 4.78 is 5.49. The smallest absolute Gasteiger partial charge is 0.234 e. The standard InChI is InChI=1S/C12H22N4O/c1-9(2)17-11-8-14-7-10(15-11)16-12(3,4)5-6-13/h7-9H,5-6,13H2,1-4H3,(H,15,16). The van der Waals surface area contributed by atoms with Crippen molar-refractivity contribution in [3.63, 3.8) is 0 Å². The second kappa shape index (κ2) is 5.82. The molecule has 1 aromatic rings. The quantitative estimate of drug-likeness (QED) is 0.790. The van der Waals surface area contributed by atoms with Crippen LogP contribution in [0.25, 0.3) is 0 Å². The first-order valence-corrected chi connectivity index (χ1v) is 5.90. The third-order valence-electron chi connectivity index (χ3n) is 2.20. The minimum absolute atomic E-state index is 0.0941. The second-order valence-corrected chi connectivity index (χ2v) is 4.96. The molecule has 0 saturated carbocycles. The Bertz CT molecular complexity index is 352. The van der Waals surface area contributed by atoms with Gasteiger partial charge < -0.3 is 15.8 Å². The molecule has 1 rings (SSSR count). The van der Waals surface area contributed by atoms with Crippen molar-refractivity contribution in [1.29, 1.82) is 0 Å². The summed E-state index contributed by atoms with van der Waals surface area (Å²) in [5.41, 5.74) is 5.47. The zero-order valence-electron chi connectivity index (χ0n) is 11.0. The summed E-state index contributed by atoms with van der Waals surface area (Å²) in [6, 6.07) is 0. The topological polar surface area (TPSA) is 73.1 Å². The number of nitrogens with two attached hydrogens (primary N) is 1. The highest BCUT2D eigenvalue weighted by Gasteiger charge is 2.17. The van der Waals surface area contributed by atoms with Gasteiger partial charge in [0.15, 0.2) is 0 Å². The van der Waals surface area contributed by atoms with Crippen LogP contribution < -0.4 is 15.8 Å². The Morgan fingerprint density at radius 2 is 2.12 bits per heavy atom. The molecule has 17 heavy (non-hydrogen) atoms. The van der Waals surface area contributed by atoms with Crippen molar-refractivity contribution in [2.45, 2.75) is 45.8 Å². The summed E-state index contributed by atoms with van der Waals surface area (Å²) in [6.45, 7) is 8.71. The molecule has 0 spiro atoms. The maximum Gasteiger partial charge on any atom is 0.234 e. The summed E-state index contributed by atoms with van der Waals surface area (Å²) in [6.07, 6.45) is 4.26. The first kappa shape index (κ1) is 13.7. The summed E-state index contributed by atoms with van der Waals surface area (Å²) in [5, 5.41) is 3.30. The van der Waals surface area contributed by atoms with Crippen LogP contribution in [0.1, 0.15) is 34.1 Å². The van der Waals surface area contributed by atoms with E-state index in [-0.39, 0.29) is 11.6 Å². The average Bonchev–Trinajstić information content (AvgIpc) is 2.15. The molecule has 0 fully saturated rings. The van der Waals surface area contributed by atoms with Gasteiger partial charge in [-0.1, -0.05) is 0 Å². The lowest BCUT2D eigenvalue weighted by molar-refractivity contribution is 0.232. The molecule has 3 N–H and O–H groups in total. The van der Waals surface area contributed by atoms with Crippen molar-refractivity contribution < 1.29 is 4.74 Å². The molecular formula is C12H22N4O. The lowest BCUT2D eigenvalue weighted by atomic mass is 10.0. The molecule has 0 aliphatic heterocycles. The number of nitrogens with one attached hydrogen (secondary N) is 1. The molecule has 0 aliphatic rings. The van der Waals surface area contributed by atoms with E-state index in [9.17, 15) is 0 Å². The Labute approximate surface area is 103 Å². The molecule has 0 amide bonds. The molecule has 96 valence electrons. The van der Waals surface area contributed by atoms with Crippen molar-refractivity contribution in [2.24, 2.45) is 5.73 Å². The normalized spacial score (nSPS) is 11.6. The minimum atomic E-state index is -0.0973. The van der Waals surface area contributed by atoms with Crippen LogP contribution in [0.15, 0.2) is 12.4 Å². The van der Waals surface area contributed by atoms with Gasteiger partial charge in [-0.25, -0.2) is 0 Å². The molecule has 5 heteroatoms. The Morgan fingerprint density at radius 1 is 1.41 bits per heavy atom. The van der Waals surface area contributed by atoms with Crippen molar-refractivity contribution in [1.82, 2.24) is 9.97 Å². The summed E-state index contributed by atoms with van der Waals surface area (Å²) in [4.78, 5) is 8.44. The van der Waals surface area contributed by atoms with Crippen LogP contribution in [0.4, 0.5) is 5.82 Å². The van der Waals surface area contributed by atoms with Crippen LogP contribution >= 0.6 is 0 Å². The molecule has 5 nitrogen and oxygen atoms in total. The summed E-state index contributed by atoms with van der Waals surface area (Å²) in [5.74, 6) is 1.25. The van der Waals surface area contributed by atoms with E-state index in [2.05, 4.69) is 29.1 Å². The molecule has 0 bridgehead atoms. The van der Waals surface area contributed by atoms with Gasteiger partial charge in [0, 0.05) is 5.54 Å². The van der Waals surface area contributed by atoms with E-state index in [1.807, 2.05) is 13.8 Å². The van der Waals surface area contributed by atoms with Gasteiger partial charge in [-0.2, -0.15) is 4.98 Å². The zero-order valence-corrected chi connectivity index (χ0v) is 11.0. The lowest BCUT2D eigenvalue weighted by Crippen LogP contribution is -2.33. The number of ether oxygens (including phenoxy) is 1. The number of hydrogen-bond acceptors (Lipinski definition) is 5. The number of aromatic nitrogens is 2. The summed E-state index contributed by atoms with van der Waals surface area (Å²) >= 11 is 0.